The molecule has 1 fully saturated rings. The molecular formula is C16H25NO2. The Morgan fingerprint density at radius 1 is 1.63 bits per heavy atom. The molecule has 0 amide bonds. The highest BCUT2D eigenvalue weighted by Gasteiger charge is 2.40. The summed E-state index contributed by atoms with van der Waals surface area (Å²) in [5.41, 5.74) is -2.67. The van der Waals surface area contributed by atoms with Gasteiger partial charge in [-0.3, -0.25) is 0 Å². The lowest BCUT2D eigenvalue weighted by Gasteiger charge is -2.41. The summed E-state index contributed by atoms with van der Waals surface area (Å²) >= 11 is 0. The first-order valence-corrected chi connectivity index (χ1v) is 5.94. The fourth-order valence-electron chi connectivity index (χ4n) is 2.31. The molecule has 1 aliphatic rings. The Morgan fingerprint density at radius 3 is 3.37 bits per heavy atom. The molecule has 1 saturated carbocycles. The zero-order valence-corrected chi connectivity index (χ0v) is 10.3. The van der Waals surface area contributed by atoms with Gasteiger partial charge in [0.25, 0.3) is 0 Å². The molecular weight excluding hydrogens is 238 g/mol. The molecule has 3 nitrogen and oxygen atoms in total. The normalized spacial score (nSPS) is 43.7. The second kappa shape index (κ2) is 5.93. The summed E-state index contributed by atoms with van der Waals surface area (Å²) in [5.74, 6) is -2.02. The van der Waals surface area contributed by atoms with Gasteiger partial charge < -0.3 is 14.7 Å². The number of nitrogens with zero attached hydrogens (tertiary/aromatic N) is 1. The molecule has 1 aromatic rings. The number of hydrogen-bond donors (Lipinski definition) is 1. The van der Waals surface area contributed by atoms with Crippen molar-refractivity contribution in [2.75, 3.05) is 27.5 Å². The molecule has 1 aliphatic carbocycles. The Balaban J connectivity index is 2.78. The van der Waals surface area contributed by atoms with E-state index in [0.29, 0.717) is 0 Å². The van der Waals surface area contributed by atoms with E-state index in [0.717, 1.165) is 6.07 Å². The van der Waals surface area contributed by atoms with Crippen LogP contribution in [0, 0.1) is 5.92 Å². The minimum Gasteiger partial charge on any atom is -0.497 e. The molecule has 0 aromatic heterocycles. The minimum absolute atomic E-state index is 0.0591. The lowest BCUT2D eigenvalue weighted by atomic mass is 9.71. The quantitative estimate of drug-likeness (QED) is 0.898. The first-order valence-electron chi connectivity index (χ1n) is 12.9. The minimum atomic E-state index is -3.43. The molecule has 0 aliphatic heterocycles. The highest BCUT2D eigenvalue weighted by Crippen LogP contribution is 2.42. The maximum absolute atomic E-state index is 8.59. The maximum atomic E-state index is 8.59. The van der Waals surface area contributed by atoms with Gasteiger partial charge in [-0.25, -0.2) is 0 Å². The first kappa shape index (κ1) is 4.74. The second-order valence-corrected chi connectivity index (χ2v) is 4.45. The van der Waals surface area contributed by atoms with E-state index in [-0.39, 0.29) is 35.5 Å². The van der Waals surface area contributed by atoms with Crippen LogP contribution < -0.4 is 4.74 Å². The molecule has 2 rings (SSSR count). The summed E-state index contributed by atoms with van der Waals surface area (Å²) in [4.78, 5) is -0.282. The van der Waals surface area contributed by atoms with Crippen molar-refractivity contribution < 1.29 is 27.7 Å². The zero-order valence-electron chi connectivity index (χ0n) is 24.3. The monoisotopic (exact) mass is 277 g/mol. The molecule has 0 heterocycles. The van der Waals surface area contributed by atoms with Crippen LogP contribution in [0.3, 0.4) is 0 Å². The molecule has 0 unspecified atom stereocenters. The van der Waals surface area contributed by atoms with Crippen molar-refractivity contribution in [2.45, 2.75) is 31.2 Å². The van der Waals surface area contributed by atoms with Crippen LogP contribution in [-0.2, 0) is 5.60 Å². The average molecular weight is 277 g/mol. The number of aliphatic hydroxyl groups is 1. The van der Waals surface area contributed by atoms with Gasteiger partial charge in [-0.05, 0) is 44.4 Å². The predicted molar refractivity (Wildman–Crippen MR) is 77.4 cm³/mol. The van der Waals surface area contributed by atoms with Crippen LogP contribution in [0.5, 0.6) is 5.75 Å². The summed E-state index contributed by atoms with van der Waals surface area (Å²) in [5, 5.41) is 4.88. The largest absolute Gasteiger partial charge is 0.497 e. The number of rotatable bonds is 5. The average Bonchev–Trinajstić information content (AvgIpc) is 2.56. The van der Waals surface area contributed by atoms with Gasteiger partial charge in [-0.15, -0.1) is 0 Å². The van der Waals surface area contributed by atoms with E-state index in [4.69, 9.17) is 29.1 Å². The Labute approximate surface area is 135 Å². The second-order valence-electron chi connectivity index (χ2n) is 4.45. The topological polar surface area (TPSA) is 32.7 Å². The van der Waals surface area contributed by atoms with Crippen LogP contribution in [0.4, 0.5) is 0 Å². The molecule has 106 valence electrons. The van der Waals surface area contributed by atoms with Gasteiger partial charge in [0.05, 0.1) is 16.8 Å². The molecule has 0 spiro atoms. The third-order valence-electron chi connectivity index (χ3n) is 3.21. The van der Waals surface area contributed by atoms with Crippen molar-refractivity contribution in [1.29, 1.82) is 1.43 Å². The van der Waals surface area contributed by atoms with E-state index in [2.05, 4.69) is 0 Å². The molecule has 0 radical (unpaired) electrons. The van der Waals surface area contributed by atoms with Crippen LogP contribution in [0.15, 0.2) is 24.3 Å². The summed E-state index contributed by atoms with van der Waals surface area (Å²) in [7, 11) is -2.85. The Kier molecular flexibility index (Phi) is 1.48. The summed E-state index contributed by atoms with van der Waals surface area (Å²) in [6.07, 6.45) is -2.81. The molecule has 0 bridgehead atoms. The predicted octanol–water partition coefficient (Wildman–Crippen LogP) is 2.63. The number of hydrogen-bond acceptors (Lipinski definition) is 3. The van der Waals surface area contributed by atoms with Gasteiger partial charge >= 0.3 is 0 Å². The fourth-order valence-corrected chi connectivity index (χ4v) is 2.31. The van der Waals surface area contributed by atoms with Gasteiger partial charge in [0.2, 0.25) is 1.43 Å². The zero-order chi connectivity index (χ0) is 25.7. The van der Waals surface area contributed by atoms with E-state index in [1.807, 2.05) is 0 Å². The molecule has 3 heteroatoms. The molecule has 1 aromatic carbocycles. The van der Waals surface area contributed by atoms with Gasteiger partial charge in [0.1, 0.15) is 5.75 Å². The summed E-state index contributed by atoms with van der Waals surface area (Å²) in [6.45, 7) is -10.1. The van der Waals surface area contributed by atoms with Gasteiger partial charge in [-0.2, -0.15) is 0 Å². The third-order valence-corrected chi connectivity index (χ3v) is 3.21. The van der Waals surface area contributed by atoms with Crippen molar-refractivity contribution in [3.05, 3.63) is 29.8 Å². The molecule has 1 N–H and O–H groups in total. The fraction of sp³-hybridized carbons (Fsp3) is 0.625. The lowest BCUT2D eigenvalue weighted by molar-refractivity contribution is -0.0619. The van der Waals surface area contributed by atoms with Crippen molar-refractivity contribution in [2.24, 2.45) is 5.92 Å². The maximum Gasteiger partial charge on any atom is 0.211 e. The number of benzene rings is 1. The molecule has 19 heavy (non-hydrogen) atoms. The highest BCUT2D eigenvalue weighted by atomic mass is 16.5. The first-order chi connectivity index (χ1) is 14.7. The van der Waals surface area contributed by atoms with Crippen LogP contribution in [0.25, 0.3) is 0 Å². The van der Waals surface area contributed by atoms with Crippen molar-refractivity contribution in [1.82, 2.24) is 4.90 Å². The SMILES string of the molecule is [2H]O[C@]1(c2cccc(OC([2H])([2H])[2H])c2)[C@H](C([2H])([2H])N(C([2H])([2H])[2H])C([2H])([2H])[2H])CCCC1([2H])[2H]. The van der Waals surface area contributed by atoms with Crippen LogP contribution in [-0.4, -0.2) is 38.9 Å². The summed E-state index contributed by atoms with van der Waals surface area (Å²) in [6, 6.07) is 4.89. The van der Waals surface area contributed by atoms with E-state index in [1.54, 1.807) is 0 Å². The van der Waals surface area contributed by atoms with E-state index < -0.39 is 45.4 Å². The van der Waals surface area contributed by atoms with E-state index >= 15 is 0 Å². The Bertz CT molecular complexity index is 820. The van der Waals surface area contributed by atoms with Crippen LogP contribution in [0.2, 0.25) is 0 Å². The van der Waals surface area contributed by atoms with E-state index in [9.17, 15) is 0 Å². The van der Waals surface area contributed by atoms with Crippen LogP contribution >= 0.6 is 0 Å². The Morgan fingerprint density at radius 2 is 2.58 bits per heavy atom. The number of ether oxygens (including phenoxy) is 1. The Hall–Kier alpha value is -1.06. The summed E-state index contributed by atoms with van der Waals surface area (Å²) < 4.78 is 115. The van der Waals surface area contributed by atoms with Gasteiger partial charge in [0, 0.05) is 26.1 Å². The molecule has 2 atom stereocenters. The van der Waals surface area contributed by atoms with Crippen molar-refractivity contribution in [3.8, 4) is 5.75 Å². The lowest BCUT2D eigenvalue weighted by Crippen LogP contribution is -2.43. The van der Waals surface area contributed by atoms with Crippen molar-refractivity contribution in [3.63, 3.8) is 0 Å². The van der Waals surface area contributed by atoms with Gasteiger partial charge in [-0.1, -0.05) is 25.0 Å². The molecule has 0 saturated heterocycles. The highest BCUT2D eigenvalue weighted by molar-refractivity contribution is 5.33. The number of methoxy groups -OCH3 is 1. The van der Waals surface area contributed by atoms with Gasteiger partial charge in [0.15, 0.2) is 0 Å². The standard InChI is InChI=1S/C16H25NO2/c1-17(2)12-14-7-4-5-10-16(14,18)13-8-6-9-15(11-13)19-3/h6,8-9,11,14,18H,4-5,7,10,12H2,1-3H3/t14-,16+/m0/s1/i1D3,2D3,3D3,10D2,12D2,18D. The smallest absolute Gasteiger partial charge is 0.211 e. The van der Waals surface area contributed by atoms with E-state index in [1.165, 1.54) is 18.2 Å². The third kappa shape index (κ3) is 3.10. The van der Waals surface area contributed by atoms with Crippen LogP contribution in [0.1, 0.15) is 49.0 Å². The van der Waals surface area contributed by atoms with Crippen molar-refractivity contribution >= 4 is 0 Å².